The van der Waals surface area contributed by atoms with Gasteiger partial charge in [-0.05, 0) is 0 Å². The first-order valence-electron chi connectivity index (χ1n) is 20.3. The Morgan fingerprint density at radius 3 is 0.431 bits per heavy atom. The molecule has 28 nitrogen and oxygen atoms in total. The zero-order valence-corrected chi connectivity index (χ0v) is 39.3. The number of quaternary nitrogens is 4. The van der Waals surface area contributed by atoms with E-state index in [0.717, 1.165) is 0 Å². The fourth-order valence-corrected chi connectivity index (χ4v) is 6.75. The number of hydrogen-bond donors (Lipinski definition) is 16. The number of rotatable bonds is 36. The number of aliphatic hydroxyl groups excluding tert-OH is 16. The molecule has 388 valence electrons. The summed E-state index contributed by atoms with van der Waals surface area (Å²) >= 11 is 0. The van der Waals surface area contributed by atoms with E-state index in [2.05, 4.69) is 0 Å². The van der Waals surface area contributed by atoms with Crippen LogP contribution in [0.1, 0.15) is 0 Å². The first-order valence-corrected chi connectivity index (χ1v) is 20.3. The minimum Gasteiger partial charge on any atom is -0.547 e. The van der Waals surface area contributed by atoms with Crippen molar-refractivity contribution in [1.82, 2.24) is 0 Å². The van der Waals surface area contributed by atoms with Gasteiger partial charge in [-0.15, -0.1) is 0 Å². The van der Waals surface area contributed by atoms with Gasteiger partial charge in [-0.3, -0.25) is 0 Å². The smallest absolute Gasteiger partial charge is 0.142 e. The summed E-state index contributed by atoms with van der Waals surface area (Å²) in [7, 11) is 0. The van der Waals surface area contributed by atoms with Crippen molar-refractivity contribution in [3.8, 4) is 0 Å². The summed E-state index contributed by atoms with van der Waals surface area (Å²) in [5.41, 5.74) is 0. The largest absolute Gasteiger partial charge is 0.547 e. The van der Waals surface area contributed by atoms with Crippen LogP contribution in [-0.2, 0) is 45.4 Å². The Bertz CT molecular complexity index is 956. The molecule has 0 aliphatic heterocycles. The summed E-state index contributed by atoms with van der Waals surface area (Å²) in [6, 6.07) is 0. The molecule has 16 N–H and O–H groups in total. The molecule has 4 unspecified atom stereocenters. The standard InChI is InChI=1S/4C9H19NO6.Zr/c4*11-4-1-10(2-5-12,3-6-13)7-8(14)9(15)16;/h4*8,11-14H,1-7H2;. The predicted octanol–water partition coefficient (Wildman–Crippen LogP) is -16.4. The van der Waals surface area contributed by atoms with Crippen LogP contribution < -0.4 is 20.4 Å². The first kappa shape index (κ1) is 72.0. The molecule has 0 aliphatic rings. The van der Waals surface area contributed by atoms with Gasteiger partial charge in [-0.1, -0.05) is 0 Å². The number of carbonyl (C=O) groups excluding carboxylic acids is 4. The van der Waals surface area contributed by atoms with Crippen LogP contribution in [0.15, 0.2) is 0 Å². The Morgan fingerprint density at radius 1 is 0.277 bits per heavy atom. The van der Waals surface area contributed by atoms with Crippen molar-refractivity contribution >= 4 is 23.9 Å². The minimum absolute atomic E-state index is 0. The minimum atomic E-state index is -1.68. The molecule has 4 atom stereocenters. The maximum Gasteiger partial charge on any atom is 0.142 e. The van der Waals surface area contributed by atoms with Crippen molar-refractivity contribution in [2.75, 3.05) is 184 Å². The number of carbonyl (C=O) groups is 4. The number of carboxylic acid groups (broad SMARTS) is 4. The average Bonchev–Trinajstić information content (AvgIpc) is 3.19. The zero-order valence-electron chi connectivity index (χ0n) is 36.8. The van der Waals surface area contributed by atoms with Crippen LogP contribution in [0.3, 0.4) is 0 Å². The normalized spacial score (nSPS) is 13.5. The fourth-order valence-electron chi connectivity index (χ4n) is 6.75. The molecular formula is C36H76N4O24Zr. The van der Waals surface area contributed by atoms with Crippen LogP contribution in [0.5, 0.6) is 0 Å². The second-order valence-corrected chi connectivity index (χ2v) is 14.8. The second-order valence-electron chi connectivity index (χ2n) is 14.8. The van der Waals surface area contributed by atoms with E-state index in [1.165, 1.54) is 0 Å². The number of aliphatic hydroxyl groups is 16. The predicted molar refractivity (Wildman–Crippen MR) is 208 cm³/mol. The number of aliphatic carboxylic acids is 4. The summed E-state index contributed by atoms with van der Waals surface area (Å²) in [5.74, 6) is -6.40. The Kier molecular flexibility index (Phi) is 46.6. The van der Waals surface area contributed by atoms with Crippen LogP contribution in [0.2, 0.25) is 0 Å². The third-order valence-corrected chi connectivity index (χ3v) is 10.2. The van der Waals surface area contributed by atoms with E-state index in [9.17, 15) is 60.0 Å². The molecular weight excluding hydrogens is 964 g/mol. The molecule has 0 saturated heterocycles. The van der Waals surface area contributed by atoms with E-state index < -0.39 is 48.3 Å². The fraction of sp³-hybridized carbons (Fsp3) is 0.889. The van der Waals surface area contributed by atoms with Crippen molar-refractivity contribution in [2.24, 2.45) is 0 Å². The van der Waals surface area contributed by atoms with E-state index in [0.29, 0.717) is 0 Å². The van der Waals surface area contributed by atoms with Gasteiger partial charge >= 0.3 is 0 Å². The van der Waals surface area contributed by atoms with Gasteiger partial charge in [0.15, 0.2) is 0 Å². The molecule has 0 bridgehead atoms. The Balaban J connectivity index is -0.000000245. The monoisotopic (exact) mass is 1040 g/mol. The summed E-state index contributed by atoms with van der Waals surface area (Å²) in [5, 5.41) is 185. The second kappa shape index (κ2) is 42.1. The van der Waals surface area contributed by atoms with E-state index >= 15 is 0 Å². The van der Waals surface area contributed by atoms with E-state index in [4.69, 9.17) is 61.3 Å². The van der Waals surface area contributed by atoms with E-state index in [1.54, 1.807) is 0 Å². The van der Waals surface area contributed by atoms with Crippen LogP contribution in [0, 0.1) is 0 Å². The maximum atomic E-state index is 10.4. The third-order valence-electron chi connectivity index (χ3n) is 10.2. The van der Waals surface area contributed by atoms with Crippen molar-refractivity contribution in [3.63, 3.8) is 0 Å². The zero-order chi connectivity index (χ0) is 50.4. The molecule has 0 heterocycles. The summed E-state index contributed by atoms with van der Waals surface area (Å²) in [6.45, 7) is -1.59. The SMILES string of the molecule is O=C([O-])C(O)C[N+](CCO)(CCO)CCO.O=C([O-])C(O)C[N+](CCO)(CCO)CCO.O=C([O-])C(O)C[N+](CCO)(CCO)CCO.O=C([O-])C(O)C[N+](CCO)(CCO)CCO.[Zr]. The van der Waals surface area contributed by atoms with Crippen LogP contribution in [-0.4, -0.2) is 332 Å². The number of carboxylic acids is 4. The van der Waals surface area contributed by atoms with Crippen molar-refractivity contribution in [1.29, 1.82) is 0 Å². The molecule has 0 aromatic heterocycles. The Morgan fingerprint density at radius 2 is 0.369 bits per heavy atom. The van der Waals surface area contributed by atoms with Crippen LogP contribution in [0.4, 0.5) is 0 Å². The van der Waals surface area contributed by atoms with Gasteiger partial charge < -0.3 is 139 Å². The summed E-state index contributed by atoms with van der Waals surface area (Å²) in [4.78, 5) is 41.7. The summed E-state index contributed by atoms with van der Waals surface area (Å²) in [6.07, 6.45) is -6.71. The number of nitrogens with zero attached hydrogens (tertiary/aromatic N) is 4. The quantitative estimate of drug-likeness (QED) is 0.0259. The first-order chi connectivity index (χ1) is 30.0. The number of hydrogen-bond acceptors (Lipinski definition) is 24. The molecule has 65 heavy (non-hydrogen) atoms. The molecule has 0 aliphatic carbocycles. The topological polar surface area (TPSA) is 484 Å². The van der Waals surface area contributed by atoms with Crippen molar-refractivity contribution in [3.05, 3.63) is 0 Å². The Hall–Kier alpha value is -2.04. The van der Waals surface area contributed by atoms with Crippen molar-refractivity contribution in [2.45, 2.75) is 24.4 Å². The van der Waals surface area contributed by atoms with Gasteiger partial charge in [0.05, 0.1) is 103 Å². The van der Waals surface area contributed by atoms with Gasteiger partial charge in [0.2, 0.25) is 0 Å². The molecule has 0 amide bonds. The van der Waals surface area contributed by atoms with Gasteiger partial charge in [0.25, 0.3) is 0 Å². The van der Waals surface area contributed by atoms with Gasteiger partial charge in [-0.25, -0.2) is 0 Å². The maximum absolute atomic E-state index is 10.4. The van der Waals surface area contributed by atoms with Gasteiger partial charge in [0, 0.05) is 26.2 Å². The molecule has 0 spiro atoms. The van der Waals surface area contributed by atoms with Crippen LogP contribution >= 0.6 is 0 Å². The van der Waals surface area contributed by atoms with Crippen molar-refractivity contribution < 1.29 is 165 Å². The van der Waals surface area contributed by atoms with Gasteiger partial charge in [-0.2, -0.15) is 0 Å². The average molecular weight is 1040 g/mol. The summed E-state index contributed by atoms with van der Waals surface area (Å²) < 4.78 is -0.228. The van der Waals surface area contributed by atoms with Crippen LogP contribution in [0.25, 0.3) is 0 Å². The molecule has 0 radical (unpaired) electrons. The molecule has 0 rings (SSSR count). The Labute approximate surface area is 396 Å². The molecule has 0 fully saturated rings. The third kappa shape index (κ3) is 33.2. The molecule has 0 aromatic carbocycles. The molecule has 29 heteroatoms. The molecule has 0 aromatic rings. The van der Waals surface area contributed by atoms with Gasteiger partial charge in [0.1, 0.15) is 129 Å². The molecule has 0 saturated carbocycles. The van der Waals surface area contributed by atoms with E-state index in [1.807, 2.05) is 0 Å². The van der Waals surface area contributed by atoms with E-state index in [-0.39, 0.29) is 228 Å².